The van der Waals surface area contributed by atoms with Crippen LogP contribution in [0.5, 0.6) is 0 Å². The third-order valence-corrected chi connectivity index (χ3v) is 1.73. The first-order valence-electron chi connectivity index (χ1n) is 3.76. The largest absolute Gasteiger partial charge is 0.388 e. The van der Waals surface area contributed by atoms with E-state index in [9.17, 15) is 4.79 Å². The number of aliphatic hydroxyl groups is 1. The highest BCUT2D eigenvalue weighted by molar-refractivity contribution is 6.04. The van der Waals surface area contributed by atoms with Crippen LogP contribution in [-0.2, 0) is 0 Å². The molecule has 0 radical (unpaired) electrons. The number of aliphatic hydroxyl groups excluding tert-OH is 1. The number of nitrogens with zero attached hydrogens (tertiary/aromatic N) is 2. The van der Waals surface area contributed by atoms with Crippen LogP contribution in [0.2, 0.25) is 0 Å². The molecular weight excluding hydrogens is 170 g/mol. The molecule has 2 aromatic heterocycles. The summed E-state index contributed by atoms with van der Waals surface area (Å²) in [5.41, 5.74) is 1.39. The number of fused-ring (bicyclic) bond motifs is 1. The fraction of sp³-hybridized carbons (Fsp3) is 0.125. The SMILES string of the molecule is O=C(CO)c1n[nH]c2cccnc12. The van der Waals surface area contributed by atoms with Gasteiger partial charge in [0, 0.05) is 6.20 Å². The fourth-order valence-corrected chi connectivity index (χ4v) is 1.12. The number of rotatable bonds is 2. The van der Waals surface area contributed by atoms with Crippen LogP contribution < -0.4 is 0 Å². The Kier molecular flexibility index (Phi) is 1.79. The number of carbonyl (C=O) groups excluding carboxylic acids is 1. The molecule has 0 spiro atoms. The third-order valence-electron chi connectivity index (χ3n) is 1.73. The number of hydrogen-bond donors (Lipinski definition) is 2. The zero-order chi connectivity index (χ0) is 9.26. The minimum atomic E-state index is -0.545. The highest BCUT2D eigenvalue weighted by Crippen LogP contribution is 2.11. The number of aromatic nitrogens is 3. The monoisotopic (exact) mass is 177 g/mol. The van der Waals surface area contributed by atoms with Gasteiger partial charge in [0.05, 0.1) is 5.52 Å². The Balaban J connectivity index is 2.64. The molecule has 2 rings (SSSR count). The molecule has 0 fully saturated rings. The van der Waals surface area contributed by atoms with E-state index < -0.39 is 12.4 Å². The fourth-order valence-electron chi connectivity index (χ4n) is 1.12. The van der Waals surface area contributed by atoms with Gasteiger partial charge in [0.25, 0.3) is 0 Å². The topological polar surface area (TPSA) is 78.9 Å². The Morgan fingerprint density at radius 2 is 2.46 bits per heavy atom. The van der Waals surface area contributed by atoms with Gasteiger partial charge in [-0.25, -0.2) is 0 Å². The first kappa shape index (κ1) is 7.88. The van der Waals surface area contributed by atoms with E-state index in [1.54, 1.807) is 18.3 Å². The van der Waals surface area contributed by atoms with Crippen LogP contribution in [0.15, 0.2) is 18.3 Å². The highest BCUT2D eigenvalue weighted by atomic mass is 16.3. The number of nitrogens with one attached hydrogen (secondary N) is 1. The molecule has 2 N–H and O–H groups in total. The summed E-state index contributed by atoms with van der Waals surface area (Å²) < 4.78 is 0. The van der Waals surface area contributed by atoms with Crippen molar-refractivity contribution in [1.82, 2.24) is 15.2 Å². The van der Waals surface area contributed by atoms with Gasteiger partial charge in [-0.05, 0) is 12.1 Å². The maximum atomic E-state index is 11.1. The van der Waals surface area contributed by atoms with Gasteiger partial charge in [0.15, 0.2) is 5.69 Å². The molecule has 0 amide bonds. The average Bonchev–Trinajstić information content (AvgIpc) is 2.60. The van der Waals surface area contributed by atoms with Crippen LogP contribution in [0.25, 0.3) is 11.0 Å². The summed E-state index contributed by atoms with van der Waals surface area (Å²) in [6.07, 6.45) is 1.58. The molecule has 0 aliphatic heterocycles. The van der Waals surface area contributed by atoms with E-state index in [1.165, 1.54) is 0 Å². The highest BCUT2D eigenvalue weighted by Gasteiger charge is 2.13. The van der Waals surface area contributed by atoms with Gasteiger partial charge in [0.1, 0.15) is 12.1 Å². The van der Waals surface area contributed by atoms with Crippen molar-refractivity contribution in [1.29, 1.82) is 0 Å². The smallest absolute Gasteiger partial charge is 0.210 e. The normalized spacial score (nSPS) is 10.5. The molecule has 0 saturated heterocycles. The predicted molar refractivity (Wildman–Crippen MR) is 45.3 cm³/mol. The van der Waals surface area contributed by atoms with E-state index in [0.29, 0.717) is 11.0 Å². The molecule has 0 atom stereocenters. The quantitative estimate of drug-likeness (QED) is 0.639. The van der Waals surface area contributed by atoms with Crippen LogP contribution in [0.1, 0.15) is 10.5 Å². The van der Waals surface area contributed by atoms with Gasteiger partial charge >= 0.3 is 0 Å². The Hall–Kier alpha value is -1.75. The first-order chi connectivity index (χ1) is 6.33. The predicted octanol–water partition coefficient (Wildman–Crippen LogP) is 0.133. The van der Waals surface area contributed by atoms with Crippen molar-refractivity contribution < 1.29 is 9.90 Å². The summed E-state index contributed by atoms with van der Waals surface area (Å²) >= 11 is 0. The Labute approximate surface area is 73.4 Å². The van der Waals surface area contributed by atoms with Crippen molar-refractivity contribution in [2.75, 3.05) is 6.61 Å². The lowest BCUT2D eigenvalue weighted by Crippen LogP contribution is -2.05. The number of pyridine rings is 1. The Bertz CT molecular complexity index is 449. The molecule has 2 aromatic rings. The standard InChI is InChI=1S/C8H7N3O2/c12-4-6(13)8-7-5(10-11-8)2-1-3-9-7/h1-3,12H,4H2,(H,10,11). The summed E-state index contributed by atoms with van der Waals surface area (Å²) in [6.45, 7) is -0.545. The maximum Gasteiger partial charge on any atom is 0.210 e. The van der Waals surface area contributed by atoms with E-state index in [2.05, 4.69) is 15.2 Å². The van der Waals surface area contributed by atoms with Gasteiger partial charge < -0.3 is 5.11 Å². The van der Waals surface area contributed by atoms with E-state index in [1.807, 2.05) is 0 Å². The van der Waals surface area contributed by atoms with Crippen LogP contribution >= 0.6 is 0 Å². The number of hydrogen-bond acceptors (Lipinski definition) is 4. The molecular formula is C8H7N3O2. The maximum absolute atomic E-state index is 11.1. The van der Waals surface area contributed by atoms with Crippen LogP contribution in [0.3, 0.4) is 0 Å². The second-order valence-corrected chi connectivity index (χ2v) is 2.55. The lowest BCUT2D eigenvalue weighted by atomic mass is 10.2. The molecule has 0 unspecified atom stereocenters. The van der Waals surface area contributed by atoms with Crippen molar-refractivity contribution in [2.45, 2.75) is 0 Å². The number of Topliss-reactive ketones (excluding diaryl/α,β-unsaturated/α-hetero) is 1. The summed E-state index contributed by atoms with van der Waals surface area (Å²) in [6, 6.07) is 3.51. The van der Waals surface area contributed by atoms with Gasteiger partial charge in [-0.1, -0.05) is 0 Å². The molecule has 66 valence electrons. The van der Waals surface area contributed by atoms with Crippen molar-refractivity contribution in [3.8, 4) is 0 Å². The second kappa shape index (κ2) is 2.95. The van der Waals surface area contributed by atoms with Gasteiger partial charge in [-0.2, -0.15) is 5.10 Å². The molecule has 0 aromatic carbocycles. The van der Waals surface area contributed by atoms with E-state index in [4.69, 9.17) is 5.11 Å². The average molecular weight is 177 g/mol. The zero-order valence-electron chi connectivity index (χ0n) is 6.69. The minimum absolute atomic E-state index is 0.193. The molecule has 2 heterocycles. The van der Waals surface area contributed by atoms with Crippen LogP contribution in [-0.4, -0.2) is 32.7 Å². The van der Waals surface area contributed by atoms with Gasteiger partial charge in [-0.3, -0.25) is 14.9 Å². The number of carbonyl (C=O) groups is 1. The Morgan fingerprint density at radius 1 is 1.62 bits per heavy atom. The van der Waals surface area contributed by atoms with Gasteiger partial charge in [-0.15, -0.1) is 0 Å². The molecule has 13 heavy (non-hydrogen) atoms. The van der Waals surface area contributed by atoms with Crippen molar-refractivity contribution in [3.63, 3.8) is 0 Å². The molecule has 0 saturated carbocycles. The van der Waals surface area contributed by atoms with E-state index in [-0.39, 0.29) is 5.69 Å². The number of ketones is 1. The number of H-pyrrole nitrogens is 1. The minimum Gasteiger partial charge on any atom is -0.388 e. The van der Waals surface area contributed by atoms with Crippen LogP contribution in [0, 0.1) is 0 Å². The van der Waals surface area contributed by atoms with Crippen LogP contribution in [0.4, 0.5) is 0 Å². The summed E-state index contributed by atoms with van der Waals surface area (Å²) in [4.78, 5) is 15.1. The molecule has 5 nitrogen and oxygen atoms in total. The Morgan fingerprint density at radius 3 is 3.23 bits per heavy atom. The summed E-state index contributed by atoms with van der Waals surface area (Å²) in [5, 5.41) is 15.1. The summed E-state index contributed by atoms with van der Waals surface area (Å²) in [5.74, 6) is -0.426. The lowest BCUT2D eigenvalue weighted by molar-refractivity contribution is 0.0900. The molecule has 0 bridgehead atoms. The lowest BCUT2D eigenvalue weighted by Gasteiger charge is -1.90. The van der Waals surface area contributed by atoms with E-state index >= 15 is 0 Å². The van der Waals surface area contributed by atoms with Crippen molar-refractivity contribution >= 4 is 16.8 Å². The zero-order valence-corrected chi connectivity index (χ0v) is 6.69. The molecule has 5 heteroatoms. The number of aromatic amines is 1. The van der Waals surface area contributed by atoms with Crippen molar-refractivity contribution in [2.24, 2.45) is 0 Å². The first-order valence-corrected chi connectivity index (χ1v) is 3.76. The van der Waals surface area contributed by atoms with E-state index in [0.717, 1.165) is 0 Å². The molecule has 0 aliphatic carbocycles. The second-order valence-electron chi connectivity index (χ2n) is 2.55. The molecule has 0 aliphatic rings. The van der Waals surface area contributed by atoms with Crippen molar-refractivity contribution in [3.05, 3.63) is 24.0 Å². The third kappa shape index (κ3) is 1.19. The summed E-state index contributed by atoms with van der Waals surface area (Å²) in [7, 11) is 0. The van der Waals surface area contributed by atoms with Gasteiger partial charge in [0.2, 0.25) is 5.78 Å².